The Hall–Kier alpha value is -1.30. The van der Waals surface area contributed by atoms with Crippen LogP contribution in [0.25, 0.3) is 0 Å². The number of amidine groups is 1. The van der Waals surface area contributed by atoms with Crippen molar-refractivity contribution < 1.29 is 14.7 Å². The van der Waals surface area contributed by atoms with Crippen molar-refractivity contribution in [2.24, 2.45) is 21.7 Å². The third-order valence-electron chi connectivity index (χ3n) is 5.42. The number of oxime groups is 1. The summed E-state index contributed by atoms with van der Waals surface area (Å²) in [6.45, 7) is 3.79. The minimum atomic E-state index is -0.916. The first-order chi connectivity index (χ1) is 10.1. The zero-order valence-corrected chi connectivity index (χ0v) is 12.9. The number of hydrogen-bond acceptors (Lipinski definition) is 4. The zero-order valence-electron chi connectivity index (χ0n) is 12.9. The van der Waals surface area contributed by atoms with Crippen LogP contribution in [0.4, 0.5) is 0 Å². The number of carbonyl (C=O) groups excluding carboxylic acids is 1. The Balaban J connectivity index is 2.05. The molecular formula is C15H27N3O3. The van der Waals surface area contributed by atoms with Gasteiger partial charge in [-0.25, -0.2) is 0 Å². The Morgan fingerprint density at radius 2 is 1.90 bits per heavy atom. The Bertz CT molecular complexity index is 397. The molecule has 1 aliphatic carbocycles. The standard InChI is InChI=1S/C15H27N3O3/c1-2-14(5-3-4-6-14)11-17-13(19)15(12(16)18-20)7-9-21-10-8-15/h20H,2-11H2,1H3,(H2,16,18)(H,17,19). The third kappa shape index (κ3) is 3.15. The highest BCUT2D eigenvalue weighted by Crippen LogP contribution is 2.40. The molecule has 0 aromatic heterocycles. The summed E-state index contributed by atoms with van der Waals surface area (Å²) >= 11 is 0. The molecular weight excluding hydrogens is 270 g/mol. The van der Waals surface area contributed by atoms with Gasteiger partial charge in [0, 0.05) is 19.8 Å². The first kappa shape index (κ1) is 16.1. The van der Waals surface area contributed by atoms with Crippen LogP contribution < -0.4 is 11.1 Å². The van der Waals surface area contributed by atoms with Crippen LogP contribution >= 0.6 is 0 Å². The third-order valence-corrected chi connectivity index (χ3v) is 5.42. The van der Waals surface area contributed by atoms with Crippen LogP contribution in [0.1, 0.15) is 51.9 Å². The molecule has 0 spiro atoms. The predicted molar refractivity (Wildman–Crippen MR) is 80.1 cm³/mol. The summed E-state index contributed by atoms with van der Waals surface area (Å²) in [7, 11) is 0. The summed E-state index contributed by atoms with van der Waals surface area (Å²) in [5.74, 6) is -0.124. The van der Waals surface area contributed by atoms with Gasteiger partial charge in [-0.2, -0.15) is 0 Å². The number of nitrogens with zero attached hydrogens (tertiary/aromatic N) is 1. The Morgan fingerprint density at radius 3 is 2.43 bits per heavy atom. The molecule has 21 heavy (non-hydrogen) atoms. The van der Waals surface area contributed by atoms with E-state index in [9.17, 15) is 4.79 Å². The maximum absolute atomic E-state index is 12.7. The van der Waals surface area contributed by atoms with Crippen LogP contribution in [0.5, 0.6) is 0 Å². The SMILES string of the molecule is CCC1(CNC(=O)C2(C(N)=NO)CCOCC2)CCCC1. The summed E-state index contributed by atoms with van der Waals surface area (Å²) in [6.07, 6.45) is 6.83. The van der Waals surface area contributed by atoms with Crippen LogP contribution in [0.15, 0.2) is 5.16 Å². The molecule has 2 rings (SSSR count). The first-order valence-electron chi connectivity index (χ1n) is 7.93. The lowest BCUT2D eigenvalue weighted by atomic mass is 9.77. The normalized spacial score (nSPS) is 24.7. The molecule has 1 heterocycles. The van der Waals surface area contributed by atoms with E-state index in [0.29, 0.717) is 32.6 Å². The maximum Gasteiger partial charge on any atom is 0.234 e. The second-order valence-corrected chi connectivity index (χ2v) is 6.42. The number of nitrogens with one attached hydrogen (secondary N) is 1. The number of carbonyl (C=O) groups is 1. The molecule has 0 unspecified atom stereocenters. The van der Waals surface area contributed by atoms with E-state index in [0.717, 1.165) is 6.42 Å². The van der Waals surface area contributed by atoms with Gasteiger partial charge in [-0.05, 0) is 37.5 Å². The lowest BCUT2D eigenvalue weighted by molar-refractivity contribution is -0.132. The molecule has 1 saturated carbocycles. The topological polar surface area (TPSA) is 96.9 Å². The average Bonchev–Trinajstić information content (AvgIpc) is 3.02. The van der Waals surface area contributed by atoms with Crippen molar-refractivity contribution in [3.63, 3.8) is 0 Å². The zero-order chi connectivity index (χ0) is 15.3. The molecule has 0 atom stereocenters. The molecule has 120 valence electrons. The first-order valence-corrected chi connectivity index (χ1v) is 7.93. The molecule has 0 radical (unpaired) electrons. The van der Waals surface area contributed by atoms with Crippen LogP contribution in [0, 0.1) is 10.8 Å². The summed E-state index contributed by atoms with van der Waals surface area (Å²) < 4.78 is 5.32. The smallest absolute Gasteiger partial charge is 0.234 e. The molecule has 1 saturated heterocycles. The molecule has 4 N–H and O–H groups in total. The minimum absolute atomic E-state index is 0.000250. The molecule has 1 amide bonds. The van der Waals surface area contributed by atoms with Crippen LogP contribution in [-0.2, 0) is 9.53 Å². The van der Waals surface area contributed by atoms with E-state index in [4.69, 9.17) is 15.7 Å². The van der Waals surface area contributed by atoms with Crippen LogP contribution in [-0.4, -0.2) is 36.7 Å². The Morgan fingerprint density at radius 1 is 1.29 bits per heavy atom. The summed E-state index contributed by atoms with van der Waals surface area (Å²) in [6, 6.07) is 0. The van der Waals surface area contributed by atoms with Crippen molar-refractivity contribution in [3.8, 4) is 0 Å². The van der Waals surface area contributed by atoms with Crippen LogP contribution in [0.2, 0.25) is 0 Å². The van der Waals surface area contributed by atoms with E-state index in [1.165, 1.54) is 25.7 Å². The summed E-state index contributed by atoms with van der Waals surface area (Å²) in [5, 5.41) is 15.2. The second-order valence-electron chi connectivity index (χ2n) is 6.42. The van der Waals surface area contributed by atoms with E-state index in [1.807, 2.05) is 0 Å². The van der Waals surface area contributed by atoms with Gasteiger partial charge in [0.15, 0.2) is 5.84 Å². The molecule has 6 nitrogen and oxygen atoms in total. The van der Waals surface area contributed by atoms with Crippen molar-refractivity contribution in [1.29, 1.82) is 0 Å². The number of rotatable bonds is 5. The fourth-order valence-electron chi connectivity index (χ4n) is 3.63. The lowest BCUT2D eigenvalue weighted by Gasteiger charge is -2.36. The van der Waals surface area contributed by atoms with E-state index in [2.05, 4.69) is 17.4 Å². The largest absolute Gasteiger partial charge is 0.409 e. The van der Waals surface area contributed by atoms with Gasteiger partial charge >= 0.3 is 0 Å². The Kier molecular flexibility index (Phi) is 5.08. The molecule has 1 aliphatic heterocycles. The van der Waals surface area contributed by atoms with Gasteiger partial charge in [-0.1, -0.05) is 24.9 Å². The highest BCUT2D eigenvalue weighted by atomic mass is 16.5. The Labute approximate surface area is 126 Å². The molecule has 2 fully saturated rings. The van der Waals surface area contributed by atoms with Gasteiger partial charge in [0.05, 0.1) is 0 Å². The molecule has 0 aromatic rings. The minimum Gasteiger partial charge on any atom is -0.409 e. The van der Waals surface area contributed by atoms with Crippen molar-refractivity contribution in [3.05, 3.63) is 0 Å². The monoisotopic (exact) mass is 297 g/mol. The fraction of sp³-hybridized carbons (Fsp3) is 0.867. The molecule has 0 aromatic carbocycles. The molecule has 2 aliphatic rings. The predicted octanol–water partition coefficient (Wildman–Crippen LogP) is 1.62. The van der Waals surface area contributed by atoms with E-state index < -0.39 is 5.41 Å². The van der Waals surface area contributed by atoms with Gasteiger partial charge in [-0.15, -0.1) is 0 Å². The highest BCUT2D eigenvalue weighted by Gasteiger charge is 2.45. The second kappa shape index (κ2) is 6.64. The summed E-state index contributed by atoms with van der Waals surface area (Å²) in [4.78, 5) is 12.7. The van der Waals surface area contributed by atoms with Gasteiger partial charge < -0.3 is 21.0 Å². The molecule has 0 bridgehead atoms. The fourth-order valence-corrected chi connectivity index (χ4v) is 3.63. The van der Waals surface area contributed by atoms with E-state index >= 15 is 0 Å². The van der Waals surface area contributed by atoms with E-state index in [-0.39, 0.29) is 17.2 Å². The summed E-state index contributed by atoms with van der Waals surface area (Å²) in [5.41, 5.74) is 5.13. The number of amides is 1. The maximum atomic E-state index is 12.7. The lowest BCUT2D eigenvalue weighted by Crippen LogP contribution is -2.54. The van der Waals surface area contributed by atoms with Crippen molar-refractivity contribution >= 4 is 11.7 Å². The van der Waals surface area contributed by atoms with Crippen LogP contribution in [0.3, 0.4) is 0 Å². The van der Waals surface area contributed by atoms with Crippen molar-refractivity contribution in [1.82, 2.24) is 5.32 Å². The number of hydrogen-bond donors (Lipinski definition) is 3. The number of nitrogens with two attached hydrogens (primary N) is 1. The van der Waals surface area contributed by atoms with Gasteiger partial charge in [-0.3, -0.25) is 4.79 Å². The quantitative estimate of drug-likeness (QED) is 0.311. The van der Waals surface area contributed by atoms with Crippen molar-refractivity contribution in [2.75, 3.05) is 19.8 Å². The van der Waals surface area contributed by atoms with Gasteiger partial charge in [0.2, 0.25) is 5.91 Å². The van der Waals surface area contributed by atoms with Crippen molar-refractivity contribution in [2.45, 2.75) is 51.9 Å². The van der Waals surface area contributed by atoms with E-state index in [1.54, 1.807) is 0 Å². The average molecular weight is 297 g/mol. The van der Waals surface area contributed by atoms with Gasteiger partial charge in [0.25, 0.3) is 0 Å². The highest BCUT2D eigenvalue weighted by molar-refractivity contribution is 6.06. The van der Waals surface area contributed by atoms with Gasteiger partial charge in [0.1, 0.15) is 5.41 Å². The number of ether oxygens (including phenoxy) is 1. The molecule has 6 heteroatoms.